The third-order valence-electron chi connectivity index (χ3n) is 2.27. The first kappa shape index (κ1) is 14.1. The molecule has 0 radical (unpaired) electrons. The van der Waals surface area contributed by atoms with E-state index < -0.39 is 22.2 Å². The number of carbonyl (C=O) groups is 1. The molecule has 0 amide bonds. The van der Waals surface area contributed by atoms with Gasteiger partial charge in [-0.25, -0.2) is 14.1 Å². The molecule has 2 rings (SSSR count). The average Bonchev–Trinajstić information content (AvgIpc) is 2.90. The van der Waals surface area contributed by atoms with Crippen molar-refractivity contribution >= 4 is 15.9 Å². The van der Waals surface area contributed by atoms with Crippen molar-refractivity contribution in [1.29, 1.82) is 0 Å². The lowest BCUT2D eigenvalue weighted by Crippen LogP contribution is -2.16. The molecule has 2 aromatic rings. The van der Waals surface area contributed by atoms with Crippen LogP contribution in [0.4, 0.5) is 4.39 Å². The summed E-state index contributed by atoms with van der Waals surface area (Å²) in [4.78, 5) is 15.4. The standard InChI is InChI=1S/C11H10FN3O4S/c1-20(17,18)19-9-4-2-8(3-5-9)10(16)11(12)15-7-13-6-14-15/h2-7,11H,1H3. The summed E-state index contributed by atoms with van der Waals surface area (Å²) in [7, 11) is -3.64. The maximum absolute atomic E-state index is 13.8. The first-order chi connectivity index (χ1) is 9.37. The molecule has 0 saturated heterocycles. The topological polar surface area (TPSA) is 91.2 Å². The Balaban J connectivity index is 2.16. The van der Waals surface area contributed by atoms with E-state index in [-0.39, 0.29) is 11.3 Å². The predicted octanol–water partition coefficient (Wildman–Crippen LogP) is 0.968. The molecule has 20 heavy (non-hydrogen) atoms. The van der Waals surface area contributed by atoms with Crippen molar-refractivity contribution in [2.75, 3.05) is 6.26 Å². The van der Waals surface area contributed by atoms with Crippen LogP contribution in [0.15, 0.2) is 36.9 Å². The maximum Gasteiger partial charge on any atom is 0.306 e. The Morgan fingerprint density at radius 1 is 1.35 bits per heavy atom. The molecule has 9 heteroatoms. The summed E-state index contributed by atoms with van der Waals surface area (Å²) >= 11 is 0. The highest BCUT2D eigenvalue weighted by atomic mass is 32.2. The van der Waals surface area contributed by atoms with Gasteiger partial charge in [-0.15, -0.1) is 0 Å². The van der Waals surface area contributed by atoms with E-state index in [1.807, 2.05) is 0 Å². The smallest absolute Gasteiger partial charge is 0.306 e. The van der Waals surface area contributed by atoms with E-state index in [4.69, 9.17) is 0 Å². The molecule has 0 aliphatic heterocycles. The number of aromatic nitrogens is 3. The van der Waals surface area contributed by atoms with Crippen LogP contribution < -0.4 is 4.18 Å². The fourth-order valence-corrected chi connectivity index (χ4v) is 1.90. The van der Waals surface area contributed by atoms with Gasteiger partial charge >= 0.3 is 10.1 Å². The molecular formula is C11H10FN3O4S. The molecule has 106 valence electrons. The Kier molecular flexibility index (Phi) is 3.79. The predicted molar refractivity (Wildman–Crippen MR) is 66.4 cm³/mol. The Morgan fingerprint density at radius 2 is 2.00 bits per heavy atom. The van der Waals surface area contributed by atoms with Gasteiger partial charge in [0.25, 0.3) is 6.30 Å². The van der Waals surface area contributed by atoms with Gasteiger partial charge in [0, 0.05) is 5.56 Å². The lowest BCUT2D eigenvalue weighted by molar-refractivity contribution is 0.0779. The minimum Gasteiger partial charge on any atom is -0.383 e. The molecule has 0 bridgehead atoms. The summed E-state index contributed by atoms with van der Waals surface area (Å²) < 4.78 is 41.0. The molecule has 1 unspecified atom stereocenters. The van der Waals surface area contributed by atoms with Crippen LogP contribution in [-0.4, -0.2) is 35.2 Å². The number of ketones is 1. The van der Waals surface area contributed by atoms with Crippen LogP contribution in [0.2, 0.25) is 0 Å². The number of Topliss-reactive ketones (excluding diaryl/α,β-unsaturated/α-hetero) is 1. The second-order valence-electron chi connectivity index (χ2n) is 3.89. The zero-order valence-electron chi connectivity index (χ0n) is 10.3. The molecule has 0 fully saturated rings. The van der Waals surface area contributed by atoms with Crippen molar-refractivity contribution in [2.45, 2.75) is 6.30 Å². The summed E-state index contributed by atoms with van der Waals surface area (Å²) in [5.74, 6) is -0.776. The number of alkyl halides is 1. The summed E-state index contributed by atoms with van der Waals surface area (Å²) in [6, 6.07) is 5.07. The summed E-state index contributed by atoms with van der Waals surface area (Å²) in [6.45, 7) is 0. The molecule has 1 aromatic carbocycles. The van der Waals surface area contributed by atoms with Crippen molar-refractivity contribution in [3.05, 3.63) is 42.5 Å². The quantitative estimate of drug-likeness (QED) is 0.603. The van der Waals surface area contributed by atoms with Crippen LogP contribution in [0.1, 0.15) is 16.7 Å². The summed E-state index contributed by atoms with van der Waals surface area (Å²) in [6.07, 6.45) is 1.11. The minimum absolute atomic E-state index is 0.0419. The Labute approximate surface area is 114 Å². The average molecular weight is 299 g/mol. The fourth-order valence-electron chi connectivity index (χ4n) is 1.44. The van der Waals surface area contributed by atoms with Crippen LogP contribution in [0.3, 0.4) is 0 Å². The Morgan fingerprint density at radius 3 is 2.50 bits per heavy atom. The van der Waals surface area contributed by atoms with Gasteiger partial charge in [-0.3, -0.25) is 4.79 Å². The highest BCUT2D eigenvalue weighted by Gasteiger charge is 2.21. The van der Waals surface area contributed by atoms with Crippen LogP contribution in [0, 0.1) is 0 Å². The molecule has 0 N–H and O–H groups in total. The van der Waals surface area contributed by atoms with Gasteiger partial charge in [-0.2, -0.15) is 13.5 Å². The second kappa shape index (κ2) is 5.37. The van der Waals surface area contributed by atoms with Crippen LogP contribution in [0.5, 0.6) is 5.75 Å². The maximum atomic E-state index is 13.8. The normalized spacial score (nSPS) is 12.9. The van der Waals surface area contributed by atoms with Gasteiger partial charge in [-0.05, 0) is 24.3 Å². The zero-order chi connectivity index (χ0) is 14.8. The van der Waals surface area contributed by atoms with Gasteiger partial charge in [-0.1, -0.05) is 0 Å². The number of carbonyl (C=O) groups excluding carboxylic acids is 1. The van der Waals surface area contributed by atoms with E-state index in [9.17, 15) is 17.6 Å². The molecule has 1 heterocycles. The molecule has 7 nitrogen and oxygen atoms in total. The summed E-state index contributed by atoms with van der Waals surface area (Å²) in [5, 5.41) is 3.53. The number of halogens is 1. The van der Waals surface area contributed by atoms with Crippen molar-refractivity contribution in [1.82, 2.24) is 14.8 Å². The Hall–Kier alpha value is -2.29. The summed E-state index contributed by atoms with van der Waals surface area (Å²) in [5.41, 5.74) is 0.0638. The molecule has 1 aromatic heterocycles. The lowest BCUT2D eigenvalue weighted by atomic mass is 10.1. The van der Waals surface area contributed by atoms with Crippen molar-refractivity contribution in [3.63, 3.8) is 0 Å². The van der Waals surface area contributed by atoms with Crippen LogP contribution >= 0.6 is 0 Å². The number of hydrogen-bond acceptors (Lipinski definition) is 6. The van der Waals surface area contributed by atoms with Gasteiger partial charge in [0.15, 0.2) is 0 Å². The van der Waals surface area contributed by atoms with E-state index >= 15 is 0 Å². The van der Waals surface area contributed by atoms with Crippen molar-refractivity contribution in [3.8, 4) is 5.75 Å². The largest absolute Gasteiger partial charge is 0.383 e. The van der Waals surface area contributed by atoms with Crippen molar-refractivity contribution in [2.24, 2.45) is 0 Å². The number of hydrogen-bond donors (Lipinski definition) is 0. The van der Waals surface area contributed by atoms with E-state index in [2.05, 4.69) is 14.3 Å². The first-order valence-electron chi connectivity index (χ1n) is 5.39. The lowest BCUT2D eigenvalue weighted by Gasteiger charge is -2.08. The fraction of sp³-hybridized carbons (Fsp3) is 0.182. The van der Waals surface area contributed by atoms with Crippen LogP contribution in [0.25, 0.3) is 0 Å². The van der Waals surface area contributed by atoms with E-state index in [0.717, 1.165) is 23.6 Å². The minimum atomic E-state index is -3.64. The first-order valence-corrected chi connectivity index (χ1v) is 7.20. The highest BCUT2D eigenvalue weighted by molar-refractivity contribution is 7.86. The number of nitrogens with zero attached hydrogens (tertiary/aromatic N) is 3. The monoisotopic (exact) mass is 299 g/mol. The highest BCUT2D eigenvalue weighted by Crippen LogP contribution is 2.18. The second-order valence-corrected chi connectivity index (χ2v) is 5.46. The van der Waals surface area contributed by atoms with E-state index in [0.29, 0.717) is 0 Å². The molecule has 1 atom stereocenters. The van der Waals surface area contributed by atoms with Gasteiger partial charge in [0.1, 0.15) is 18.4 Å². The Bertz CT molecular complexity index is 698. The third-order valence-corrected chi connectivity index (χ3v) is 2.77. The molecule has 0 aliphatic carbocycles. The van der Waals surface area contributed by atoms with E-state index in [1.54, 1.807) is 0 Å². The molecule has 0 saturated carbocycles. The SMILES string of the molecule is CS(=O)(=O)Oc1ccc(C(=O)C(F)n2cncn2)cc1. The number of rotatable bonds is 5. The van der Waals surface area contributed by atoms with Gasteiger partial charge in [0.05, 0.1) is 6.26 Å². The molecule has 0 spiro atoms. The van der Waals surface area contributed by atoms with Gasteiger partial charge < -0.3 is 4.18 Å². The third kappa shape index (κ3) is 3.38. The van der Waals surface area contributed by atoms with Crippen LogP contribution in [-0.2, 0) is 10.1 Å². The molecule has 0 aliphatic rings. The van der Waals surface area contributed by atoms with E-state index in [1.165, 1.54) is 24.3 Å². The molecular weight excluding hydrogens is 289 g/mol. The zero-order valence-corrected chi connectivity index (χ0v) is 11.1. The number of benzene rings is 1. The van der Waals surface area contributed by atoms with Crippen molar-refractivity contribution < 1.29 is 21.8 Å². The van der Waals surface area contributed by atoms with Gasteiger partial charge in [0.2, 0.25) is 5.78 Å².